The van der Waals surface area contributed by atoms with E-state index in [1.54, 1.807) is 13.0 Å². The molecule has 5 heteroatoms. The van der Waals surface area contributed by atoms with Crippen LogP contribution in [0.15, 0.2) is 42.5 Å². The molecule has 1 aliphatic carbocycles. The summed E-state index contributed by atoms with van der Waals surface area (Å²) < 4.78 is 17.2. The Morgan fingerprint density at radius 3 is 2.64 bits per heavy atom. The molecule has 1 saturated carbocycles. The van der Waals surface area contributed by atoms with Crippen molar-refractivity contribution in [2.75, 3.05) is 0 Å². The SMILES string of the molecule is C=C(C)C(=O)Oc1c2c(cc3ccccc13)OC1(CCCC1)OC2=O. The van der Waals surface area contributed by atoms with E-state index >= 15 is 0 Å². The van der Waals surface area contributed by atoms with Gasteiger partial charge in [0.25, 0.3) is 5.79 Å². The van der Waals surface area contributed by atoms with Crippen molar-refractivity contribution in [3.8, 4) is 11.5 Å². The molecule has 0 N–H and O–H groups in total. The fourth-order valence-corrected chi connectivity index (χ4v) is 3.41. The molecule has 0 aromatic heterocycles. The zero-order valence-corrected chi connectivity index (χ0v) is 14.0. The van der Waals surface area contributed by atoms with E-state index in [0.29, 0.717) is 24.0 Å². The molecule has 0 radical (unpaired) electrons. The van der Waals surface area contributed by atoms with E-state index in [9.17, 15) is 9.59 Å². The Balaban J connectivity index is 1.91. The fraction of sp³-hybridized carbons (Fsp3) is 0.300. The number of hydrogen-bond acceptors (Lipinski definition) is 5. The van der Waals surface area contributed by atoms with Gasteiger partial charge in [0, 0.05) is 23.8 Å². The van der Waals surface area contributed by atoms with E-state index in [1.807, 2.05) is 24.3 Å². The fourth-order valence-electron chi connectivity index (χ4n) is 3.41. The van der Waals surface area contributed by atoms with Gasteiger partial charge >= 0.3 is 11.9 Å². The second kappa shape index (κ2) is 5.62. The van der Waals surface area contributed by atoms with Gasteiger partial charge in [-0.25, -0.2) is 9.59 Å². The summed E-state index contributed by atoms with van der Waals surface area (Å²) in [4.78, 5) is 24.8. The van der Waals surface area contributed by atoms with Gasteiger partial charge in [-0.2, -0.15) is 0 Å². The van der Waals surface area contributed by atoms with E-state index < -0.39 is 17.7 Å². The summed E-state index contributed by atoms with van der Waals surface area (Å²) >= 11 is 0. The van der Waals surface area contributed by atoms with Crippen molar-refractivity contribution in [2.24, 2.45) is 0 Å². The van der Waals surface area contributed by atoms with E-state index in [0.717, 1.165) is 18.2 Å². The van der Waals surface area contributed by atoms with Crippen molar-refractivity contribution in [3.05, 3.63) is 48.0 Å². The maximum Gasteiger partial charge on any atom is 0.349 e. The molecule has 0 bridgehead atoms. The molecule has 0 amide bonds. The third kappa shape index (κ3) is 2.56. The van der Waals surface area contributed by atoms with Gasteiger partial charge in [0.1, 0.15) is 11.3 Å². The van der Waals surface area contributed by atoms with Crippen LogP contribution in [-0.2, 0) is 9.53 Å². The Morgan fingerprint density at radius 2 is 1.92 bits per heavy atom. The Hall–Kier alpha value is -2.82. The normalized spacial score (nSPS) is 17.7. The molecular formula is C20H18O5. The first kappa shape index (κ1) is 15.7. The van der Waals surface area contributed by atoms with E-state index in [-0.39, 0.29) is 16.9 Å². The Morgan fingerprint density at radius 1 is 1.20 bits per heavy atom. The average molecular weight is 338 g/mol. The molecule has 2 aromatic carbocycles. The molecule has 4 rings (SSSR count). The first-order chi connectivity index (χ1) is 12.0. The summed E-state index contributed by atoms with van der Waals surface area (Å²) in [6.07, 6.45) is 3.25. The van der Waals surface area contributed by atoms with Gasteiger partial charge in [0.15, 0.2) is 5.75 Å². The number of rotatable bonds is 2. The van der Waals surface area contributed by atoms with Crippen molar-refractivity contribution in [1.29, 1.82) is 0 Å². The lowest BCUT2D eigenvalue weighted by molar-refractivity contribution is -0.148. The Bertz CT molecular complexity index is 906. The predicted octanol–water partition coefficient (Wildman–Crippen LogP) is 4.14. The number of esters is 2. The smallest absolute Gasteiger partial charge is 0.349 e. The van der Waals surface area contributed by atoms with Gasteiger partial charge < -0.3 is 14.2 Å². The molecule has 0 saturated heterocycles. The summed E-state index contributed by atoms with van der Waals surface area (Å²) in [5, 5.41) is 1.48. The molecule has 5 nitrogen and oxygen atoms in total. The zero-order chi connectivity index (χ0) is 17.6. The van der Waals surface area contributed by atoms with Gasteiger partial charge in [0.2, 0.25) is 0 Å². The molecule has 2 aromatic rings. The zero-order valence-electron chi connectivity index (χ0n) is 14.0. The first-order valence-corrected chi connectivity index (χ1v) is 8.35. The second-order valence-electron chi connectivity index (χ2n) is 6.58. The molecule has 0 unspecified atom stereocenters. The highest BCUT2D eigenvalue weighted by Crippen LogP contribution is 2.46. The summed E-state index contributed by atoms with van der Waals surface area (Å²) in [6, 6.07) is 9.19. The summed E-state index contributed by atoms with van der Waals surface area (Å²) in [5.41, 5.74) is 0.407. The average Bonchev–Trinajstić information content (AvgIpc) is 3.01. The second-order valence-corrected chi connectivity index (χ2v) is 6.58. The predicted molar refractivity (Wildman–Crippen MR) is 91.6 cm³/mol. The molecule has 1 heterocycles. The van der Waals surface area contributed by atoms with Crippen LogP contribution in [0.1, 0.15) is 43.0 Å². The van der Waals surface area contributed by atoms with Gasteiger partial charge in [-0.05, 0) is 31.2 Å². The van der Waals surface area contributed by atoms with Crippen molar-refractivity contribution in [3.63, 3.8) is 0 Å². The number of benzene rings is 2. The van der Waals surface area contributed by atoms with Crippen molar-refractivity contribution < 1.29 is 23.8 Å². The number of carbonyl (C=O) groups excluding carboxylic acids is 2. The maximum absolute atomic E-state index is 12.7. The quantitative estimate of drug-likeness (QED) is 0.468. The number of carbonyl (C=O) groups is 2. The maximum atomic E-state index is 12.7. The highest BCUT2D eigenvalue weighted by molar-refractivity contribution is 6.06. The highest BCUT2D eigenvalue weighted by atomic mass is 16.7. The number of hydrogen-bond donors (Lipinski definition) is 0. The summed E-state index contributed by atoms with van der Waals surface area (Å²) in [6.45, 7) is 5.16. The third-order valence-corrected chi connectivity index (χ3v) is 4.65. The van der Waals surface area contributed by atoms with Crippen molar-refractivity contribution in [2.45, 2.75) is 38.4 Å². The lowest BCUT2D eigenvalue weighted by Gasteiger charge is -2.35. The summed E-state index contributed by atoms with van der Waals surface area (Å²) in [5.74, 6) is -1.42. The van der Waals surface area contributed by atoms with Crippen LogP contribution in [0, 0.1) is 0 Å². The molecular weight excluding hydrogens is 320 g/mol. The first-order valence-electron chi connectivity index (χ1n) is 8.35. The van der Waals surface area contributed by atoms with Crippen LogP contribution in [0.2, 0.25) is 0 Å². The van der Waals surface area contributed by atoms with Crippen LogP contribution < -0.4 is 9.47 Å². The van der Waals surface area contributed by atoms with E-state index in [2.05, 4.69) is 6.58 Å². The van der Waals surface area contributed by atoms with E-state index in [1.165, 1.54) is 0 Å². The van der Waals surface area contributed by atoms with Gasteiger partial charge in [-0.15, -0.1) is 0 Å². The minimum atomic E-state index is -0.887. The van der Waals surface area contributed by atoms with E-state index in [4.69, 9.17) is 14.2 Å². The molecule has 128 valence electrons. The van der Waals surface area contributed by atoms with Crippen LogP contribution in [0.3, 0.4) is 0 Å². The van der Waals surface area contributed by atoms with Gasteiger partial charge in [-0.3, -0.25) is 0 Å². The molecule has 25 heavy (non-hydrogen) atoms. The van der Waals surface area contributed by atoms with Gasteiger partial charge in [-0.1, -0.05) is 30.8 Å². The Labute approximate surface area is 145 Å². The van der Waals surface area contributed by atoms with Crippen LogP contribution in [0.25, 0.3) is 10.8 Å². The van der Waals surface area contributed by atoms with Crippen LogP contribution in [0.4, 0.5) is 0 Å². The minimum absolute atomic E-state index is 0.158. The van der Waals surface area contributed by atoms with Crippen LogP contribution >= 0.6 is 0 Å². The third-order valence-electron chi connectivity index (χ3n) is 4.65. The molecule has 1 spiro atoms. The Kier molecular flexibility index (Phi) is 3.53. The number of fused-ring (bicyclic) bond motifs is 2. The number of ether oxygens (including phenoxy) is 3. The standard InChI is InChI=1S/C20H18O5/c1-12(2)18(21)23-17-14-8-4-3-7-13(14)11-15-16(17)19(22)25-20(24-15)9-5-6-10-20/h3-4,7-8,11H,1,5-6,9-10H2,2H3. The molecule has 2 aliphatic rings. The lowest BCUT2D eigenvalue weighted by atomic mass is 10.0. The monoisotopic (exact) mass is 338 g/mol. The van der Waals surface area contributed by atoms with Crippen molar-refractivity contribution in [1.82, 2.24) is 0 Å². The molecule has 1 aliphatic heterocycles. The molecule has 0 atom stereocenters. The summed E-state index contributed by atoms with van der Waals surface area (Å²) in [7, 11) is 0. The largest absolute Gasteiger partial charge is 0.451 e. The highest BCUT2D eigenvalue weighted by Gasteiger charge is 2.46. The minimum Gasteiger partial charge on any atom is -0.451 e. The van der Waals surface area contributed by atoms with Crippen LogP contribution in [-0.4, -0.2) is 17.7 Å². The lowest BCUT2D eigenvalue weighted by Crippen LogP contribution is -2.42. The van der Waals surface area contributed by atoms with Crippen molar-refractivity contribution >= 4 is 22.7 Å². The molecule has 1 fully saturated rings. The van der Waals surface area contributed by atoms with Crippen LogP contribution in [0.5, 0.6) is 11.5 Å². The van der Waals surface area contributed by atoms with Gasteiger partial charge in [0.05, 0.1) is 0 Å². The topological polar surface area (TPSA) is 61.8 Å².